The van der Waals surface area contributed by atoms with Crippen LogP contribution in [0.3, 0.4) is 0 Å². The zero-order chi connectivity index (χ0) is 15.3. The monoisotopic (exact) mass is 364 g/mol. The molecule has 2 aromatic rings. The molecule has 0 unspecified atom stereocenters. The van der Waals surface area contributed by atoms with Crippen LogP contribution in [0.25, 0.3) is 0 Å². The summed E-state index contributed by atoms with van der Waals surface area (Å²) in [6.07, 6.45) is 1.85. The van der Waals surface area contributed by atoms with Gasteiger partial charge in [-0.2, -0.15) is 0 Å². The highest BCUT2D eigenvalue weighted by molar-refractivity contribution is 9.10. The molecule has 0 bridgehead atoms. The van der Waals surface area contributed by atoms with Gasteiger partial charge in [0.2, 0.25) is 0 Å². The second kappa shape index (κ2) is 7.43. The highest BCUT2D eigenvalue weighted by atomic mass is 79.9. The van der Waals surface area contributed by atoms with E-state index in [4.69, 9.17) is 0 Å². The van der Waals surface area contributed by atoms with Crippen molar-refractivity contribution in [2.45, 2.75) is 43.5 Å². The number of hydrogen-bond acceptors (Lipinski definition) is 3. The minimum atomic E-state index is 0.143. The highest BCUT2D eigenvalue weighted by Crippen LogP contribution is 2.23. The summed E-state index contributed by atoms with van der Waals surface area (Å²) in [5, 5.41) is 3.52. The Kier molecular flexibility index (Phi) is 5.85. The molecule has 0 aliphatic carbocycles. The molecule has 0 spiro atoms. The van der Waals surface area contributed by atoms with Crippen molar-refractivity contribution < 1.29 is 0 Å². The smallest absolute Gasteiger partial charge is 0.0507 e. The van der Waals surface area contributed by atoms with Gasteiger partial charge in [-0.25, -0.2) is 0 Å². The topological polar surface area (TPSA) is 24.9 Å². The molecule has 0 radical (unpaired) electrons. The van der Waals surface area contributed by atoms with Crippen molar-refractivity contribution in [2.24, 2.45) is 0 Å². The largest absolute Gasteiger partial charge is 0.308 e. The summed E-state index contributed by atoms with van der Waals surface area (Å²) >= 11 is 5.23. The normalized spacial score (nSPS) is 11.6. The minimum absolute atomic E-state index is 0.143. The quantitative estimate of drug-likeness (QED) is 0.753. The first-order chi connectivity index (χ1) is 9.92. The average molecular weight is 365 g/mol. The second-order valence-corrected chi connectivity index (χ2v) is 7.97. The number of nitrogens with one attached hydrogen (secondary N) is 1. The maximum atomic E-state index is 4.40. The van der Waals surface area contributed by atoms with E-state index in [9.17, 15) is 0 Å². The van der Waals surface area contributed by atoms with Crippen LogP contribution in [-0.2, 0) is 12.3 Å². The zero-order valence-corrected chi connectivity index (χ0v) is 15.1. The van der Waals surface area contributed by atoms with Crippen LogP contribution in [0.5, 0.6) is 0 Å². The van der Waals surface area contributed by atoms with Gasteiger partial charge in [0.1, 0.15) is 0 Å². The summed E-state index contributed by atoms with van der Waals surface area (Å²) < 4.78 is 1.02. The first kappa shape index (κ1) is 16.5. The Hall–Kier alpha value is -0.840. The van der Waals surface area contributed by atoms with E-state index in [2.05, 4.69) is 77.3 Å². The van der Waals surface area contributed by atoms with Crippen molar-refractivity contribution in [1.82, 2.24) is 10.3 Å². The Bertz CT molecular complexity index is 576. The third-order valence-corrected chi connectivity index (χ3v) is 4.39. The van der Waals surface area contributed by atoms with Gasteiger partial charge in [0, 0.05) is 33.4 Å². The molecule has 2 rings (SSSR count). The van der Waals surface area contributed by atoms with Crippen molar-refractivity contribution in [3.05, 3.63) is 58.3 Å². The lowest BCUT2D eigenvalue weighted by Crippen LogP contribution is -2.35. The fourth-order valence-electron chi connectivity index (χ4n) is 1.76. The molecule has 0 amide bonds. The molecule has 1 heterocycles. The molecule has 0 saturated carbocycles. The predicted octanol–water partition coefficient (Wildman–Crippen LogP) is 5.02. The lowest BCUT2D eigenvalue weighted by atomic mass is 10.1. The Labute approximate surface area is 139 Å². The van der Waals surface area contributed by atoms with Gasteiger partial charge in [-0.15, -0.1) is 11.8 Å². The Morgan fingerprint density at radius 2 is 2.00 bits per heavy atom. The number of pyridine rings is 1. The third-order valence-electron chi connectivity index (χ3n) is 2.90. The molecular formula is C17H21BrN2S. The van der Waals surface area contributed by atoms with Gasteiger partial charge in [0.05, 0.1) is 5.69 Å². The molecule has 0 saturated heterocycles. The lowest BCUT2D eigenvalue weighted by molar-refractivity contribution is 0.424. The van der Waals surface area contributed by atoms with Crippen LogP contribution in [0.4, 0.5) is 0 Å². The number of hydrogen-bond donors (Lipinski definition) is 1. The number of benzene rings is 1. The molecule has 0 fully saturated rings. The summed E-state index contributed by atoms with van der Waals surface area (Å²) in [4.78, 5) is 5.69. The fourth-order valence-corrected chi connectivity index (χ4v) is 2.89. The summed E-state index contributed by atoms with van der Waals surface area (Å²) in [5.41, 5.74) is 2.56. The molecular weight excluding hydrogens is 344 g/mol. The Morgan fingerprint density at radius 3 is 2.67 bits per heavy atom. The van der Waals surface area contributed by atoms with E-state index in [0.29, 0.717) is 0 Å². The van der Waals surface area contributed by atoms with E-state index in [1.807, 2.05) is 24.0 Å². The van der Waals surface area contributed by atoms with Crippen LogP contribution < -0.4 is 5.32 Å². The van der Waals surface area contributed by atoms with Gasteiger partial charge >= 0.3 is 0 Å². The van der Waals surface area contributed by atoms with Crippen LogP contribution in [0, 0.1) is 0 Å². The molecule has 1 aromatic heterocycles. The molecule has 0 aliphatic rings. The van der Waals surface area contributed by atoms with Gasteiger partial charge in [0.25, 0.3) is 0 Å². The van der Waals surface area contributed by atoms with Gasteiger partial charge in [0.15, 0.2) is 0 Å². The van der Waals surface area contributed by atoms with Crippen LogP contribution in [0.1, 0.15) is 32.0 Å². The summed E-state index contributed by atoms with van der Waals surface area (Å²) in [6.45, 7) is 7.45. The number of rotatable bonds is 5. The van der Waals surface area contributed by atoms with E-state index >= 15 is 0 Å². The van der Waals surface area contributed by atoms with Gasteiger partial charge in [-0.3, -0.25) is 4.98 Å². The SMILES string of the molecule is CC(C)(C)NCc1cccc(SCc2ccc(Br)cn2)c1. The van der Waals surface area contributed by atoms with Crippen molar-refractivity contribution >= 4 is 27.7 Å². The van der Waals surface area contributed by atoms with E-state index < -0.39 is 0 Å². The summed E-state index contributed by atoms with van der Waals surface area (Å²) in [7, 11) is 0. The predicted molar refractivity (Wildman–Crippen MR) is 94.5 cm³/mol. The highest BCUT2D eigenvalue weighted by Gasteiger charge is 2.08. The van der Waals surface area contributed by atoms with Gasteiger partial charge in [-0.1, -0.05) is 12.1 Å². The van der Waals surface area contributed by atoms with Crippen molar-refractivity contribution in [1.29, 1.82) is 0 Å². The summed E-state index contributed by atoms with van der Waals surface area (Å²) in [5.74, 6) is 0.892. The average Bonchev–Trinajstić information content (AvgIpc) is 2.44. The third kappa shape index (κ3) is 6.20. The van der Waals surface area contributed by atoms with Crippen molar-refractivity contribution in [2.75, 3.05) is 0 Å². The first-order valence-corrected chi connectivity index (χ1v) is 8.77. The summed E-state index contributed by atoms with van der Waals surface area (Å²) in [6, 6.07) is 12.8. The molecule has 1 N–H and O–H groups in total. The van der Waals surface area contributed by atoms with Crippen LogP contribution in [0.15, 0.2) is 52.0 Å². The van der Waals surface area contributed by atoms with Crippen LogP contribution in [0.2, 0.25) is 0 Å². The molecule has 1 aromatic carbocycles. The Balaban J connectivity index is 1.93. The van der Waals surface area contributed by atoms with E-state index in [-0.39, 0.29) is 5.54 Å². The first-order valence-electron chi connectivity index (χ1n) is 6.99. The van der Waals surface area contributed by atoms with Crippen LogP contribution >= 0.6 is 27.7 Å². The maximum absolute atomic E-state index is 4.40. The van der Waals surface area contributed by atoms with Crippen molar-refractivity contribution in [3.63, 3.8) is 0 Å². The molecule has 2 nitrogen and oxygen atoms in total. The number of aromatic nitrogens is 1. The van der Waals surface area contributed by atoms with Crippen LogP contribution in [-0.4, -0.2) is 10.5 Å². The van der Waals surface area contributed by atoms with E-state index in [1.165, 1.54) is 10.5 Å². The van der Waals surface area contributed by atoms with Gasteiger partial charge < -0.3 is 5.32 Å². The second-order valence-electron chi connectivity index (χ2n) is 6.01. The standard InChI is InChI=1S/C17H21BrN2S/c1-17(2,3)20-10-13-5-4-6-16(9-13)21-12-15-8-7-14(18)11-19-15/h4-9,11,20H,10,12H2,1-3H3. The van der Waals surface area contributed by atoms with Gasteiger partial charge in [-0.05, 0) is 66.5 Å². The number of thioether (sulfide) groups is 1. The van der Waals surface area contributed by atoms with E-state index in [1.54, 1.807) is 0 Å². The fraction of sp³-hybridized carbons (Fsp3) is 0.353. The molecule has 21 heavy (non-hydrogen) atoms. The lowest BCUT2D eigenvalue weighted by Gasteiger charge is -2.20. The van der Waals surface area contributed by atoms with Crippen molar-refractivity contribution in [3.8, 4) is 0 Å². The van der Waals surface area contributed by atoms with E-state index in [0.717, 1.165) is 22.5 Å². The Morgan fingerprint density at radius 1 is 1.19 bits per heavy atom. The molecule has 4 heteroatoms. The molecule has 0 aliphatic heterocycles. The zero-order valence-electron chi connectivity index (χ0n) is 12.7. The molecule has 0 atom stereocenters. The minimum Gasteiger partial charge on any atom is -0.308 e. The molecule has 112 valence electrons. The number of halogens is 1. The number of nitrogens with zero attached hydrogens (tertiary/aromatic N) is 1. The maximum Gasteiger partial charge on any atom is 0.0507 e.